The number of aromatic nitrogens is 2. The molecule has 2 fully saturated rings. The highest BCUT2D eigenvalue weighted by molar-refractivity contribution is 5.72. The Labute approximate surface area is 233 Å². The second-order valence-corrected chi connectivity index (χ2v) is 12.4. The molecule has 3 heterocycles. The molecule has 1 saturated carbocycles. The van der Waals surface area contributed by atoms with E-state index < -0.39 is 17.1 Å². The van der Waals surface area contributed by atoms with E-state index in [0.29, 0.717) is 18.0 Å². The van der Waals surface area contributed by atoms with Crippen LogP contribution in [0.15, 0.2) is 72.8 Å². The normalized spacial score (nSPS) is 29.4. The Morgan fingerprint density at radius 2 is 1.68 bits per heavy atom. The zero-order valence-electron chi connectivity index (χ0n) is 22.3. The second-order valence-electron chi connectivity index (χ2n) is 12.4. The van der Waals surface area contributed by atoms with Gasteiger partial charge in [-0.2, -0.15) is 0 Å². The maximum Gasteiger partial charge on any atom is 0.166 e. The molecule has 1 aromatic heterocycles. The molecule has 1 spiro atoms. The summed E-state index contributed by atoms with van der Waals surface area (Å²) in [6.07, 6.45) is 4.05. The predicted octanol–water partition coefficient (Wildman–Crippen LogP) is 5.22. The van der Waals surface area contributed by atoms with Crippen LogP contribution in [0.25, 0.3) is 22.6 Å². The Balaban J connectivity index is 1.32. The van der Waals surface area contributed by atoms with Gasteiger partial charge in [-0.25, -0.2) is 9.97 Å². The number of hydrogen-bond donors (Lipinski definition) is 2. The number of phenolic OH excluding ortho intramolecular Hbond substituents is 1. The number of piperidine rings is 1. The minimum Gasteiger partial charge on any atom is -0.504 e. The molecule has 6 heteroatoms. The van der Waals surface area contributed by atoms with E-state index in [-0.39, 0.29) is 11.8 Å². The molecular formula is C34H31N3O3. The number of likely N-dealkylation sites (tertiary alicyclic amines) is 1. The first-order valence-electron chi connectivity index (χ1n) is 14.6. The van der Waals surface area contributed by atoms with Crippen molar-refractivity contribution in [3.8, 4) is 34.1 Å². The fraction of sp³-hybridized carbons (Fsp3) is 0.353. The molecular weight excluding hydrogens is 498 g/mol. The number of fused-ring (bicyclic) bond motifs is 2. The van der Waals surface area contributed by atoms with Gasteiger partial charge < -0.3 is 14.9 Å². The number of ether oxygens (including phenoxy) is 1. The summed E-state index contributed by atoms with van der Waals surface area (Å²) in [6.45, 7) is 1.95. The minimum atomic E-state index is -1.06. The highest BCUT2D eigenvalue weighted by atomic mass is 16.5. The van der Waals surface area contributed by atoms with Gasteiger partial charge in [0.2, 0.25) is 0 Å². The molecule has 0 amide bonds. The van der Waals surface area contributed by atoms with Gasteiger partial charge in [0, 0.05) is 41.3 Å². The largest absolute Gasteiger partial charge is 0.504 e. The average molecular weight is 530 g/mol. The first-order chi connectivity index (χ1) is 19.6. The van der Waals surface area contributed by atoms with Crippen LogP contribution < -0.4 is 4.74 Å². The number of hydrogen-bond acceptors (Lipinski definition) is 6. The van der Waals surface area contributed by atoms with E-state index in [1.54, 1.807) is 6.07 Å². The molecule has 2 bridgehead atoms. The van der Waals surface area contributed by atoms with Gasteiger partial charge in [-0.15, -0.1) is 0 Å². The van der Waals surface area contributed by atoms with Crippen molar-refractivity contribution in [2.45, 2.75) is 55.3 Å². The number of aromatic hydroxyl groups is 1. The maximum atomic E-state index is 13.2. The monoisotopic (exact) mass is 529 g/mol. The van der Waals surface area contributed by atoms with E-state index in [0.717, 1.165) is 65.5 Å². The fourth-order valence-corrected chi connectivity index (χ4v) is 8.37. The standard InChI is InChI=1S/C34H31N3O3/c38-25-14-13-23-17-26-34(39)18-24-28(21-7-3-1-4-8-21)35-32(22-9-5-2-6-10-22)36-29(24)31-33(34,27(23)30(25)40-31)15-16-37(26)19-20-11-12-20/h1-10,13-14,20,26,31,38-39H,11-12,15-19H2/t26?,31-,33?,34+/m0/s1. The quantitative estimate of drug-likeness (QED) is 0.378. The first kappa shape index (κ1) is 23.0. The number of benzene rings is 3. The van der Waals surface area contributed by atoms with Gasteiger partial charge in [0.15, 0.2) is 23.4 Å². The molecule has 0 radical (unpaired) electrons. The van der Waals surface area contributed by atoms with Crippen LogP contribution in [0.4, 0.5) is 0 Å². The highest BCUT2D eigenvalue weighted by Gasteiger charge is 2.73. The maximum absolute atomic E-state index is 13.2. The third-order valence-corrected chi connectivity index (χ3v) is 10.3. The van der Waals surface area contributed by atoms with E-state index >= 15 is 0 Å². The number of rotatable bonds is 4. The molecule has 4 atom stereocenters. The molecule has 3 aromatic carbocycles. The lowest BCUT2D eigenvalue weighted by atomic mass is 9.48. The number of phenols is 1. The van der Waals surface area contributed by atoms with Crippen LogP contribution in [0.3, 0.4) is 0 Å². The topological polar surface area (TPSA) is 78.7 Å². The highest BCUT2D eigenvalue weighted by Crippen LogP contribution is 2.69. The molecule has 6 nitrogen and oxygen atoms in total. The Morgan fingerprint density at radius 1 is 0.925 bits per heavy atom. The van der Waals surface area contributed by atoms with Crippen LogP contribution in [-0.4, -0.2) is 49.8 Å². The number of aliphatic hydroxyl groups is 1. The molecule has 40 heavy (non-hydrogen) atoms. The Kier molecular flexibility index (Phi) is 4.56. The van der Waals surface area contributed by atoms with Crippen molar-refractivity contribution in [2.75, 3.05) is 13.1 Å². The third kappa shape index (κ3) is 2.90. The van der Waals surface area contributed by atoms with Crippen molar-refractivity contribution in [3.63, 3.8) is 0 Å². The Morgan fingerprint density at radius 3 is 2.42 bits per heavy atom. The Hall–Kier alpha value is -3.74. The van der Waals surface area contributed by atoms with Crippen molar-refractivity contribution in [1.82, 2.24) is 14.9 Å². The molecule has 5 aliphatic rings. The predicted molar refractivity (Wildman–Crippen MR) is 151 cm³/mol. The molecule has 1 saturated heterocycles. The minimum absolute atomic E-state index is 0.0264. The van der Waals surface area contributed by atoms with Crippen molar-refractivity contribution in [2.24, 2.45) is 5.92 Å². The summed E-state index contributed by atoms with van der Waals surface area (Å²) >= 11 is 0. The summed E-state index contributed by atoms with van der Waals surface area (Å²) in [5, 5.41) is 24.2. The molecule has 2 aliphatic heterocycles. The van der Waals surface area contributed by atoms with Crippen LogP contribution in [0.2, 0.25) is 0 Å². The van der Waals surface area contributed by atoms with E-state index in [2.05, 4.69) is 23.1 Å². The van der Waals surface area contributed by atoms with E-state index in [1.165, 1.54) is 18.4 Å². The van der Waals surface area contributed by atoms with Crippen molar-refractivity contribution in [3.05, 3.63) is 95.2 Å². The summed E-state index contributed by atoms with van der Waals surface area (Å²) in [5.41, 5.74) is 5.08. The zero-order valence-corrected chi connectivity index (χ0v) is 22.3. The summed E-state index contributed by atoms with van der Waals surface area (Å²) < 4.78 is 6.79. The molecule has 4 aromatic rings. The van der Waals surface area contributed by atoms with Crippen LogP contribution in [0.5, 0.6) is 11.5 Å². The van der Waals surface area contributed by atoms with Gasteiger partial charge in [0.25, 0.3) is 0 Å². The summed E-state index contributed by atoms with van der Waals surface area (Å²) in [5.74, 6) is 2.06. The first-order valence-corrected chi connectivity index (χ1v) is 14.6. The van der Waals surface area contributed by atoms with Gasteiger partial charge in [0.05, 0.1) is 22.4 Å². The van der Waals surface area contributed by atoms with Crippen LogP contribution in [0, 0.1) is 5.92 Å². The lowest BCUT2D eigenvalue weighted by Crippen LogP contribution is -2.74. The summed E-state index contributed by atoms with van der Waals surface area (Å²) in [4.78, 5) is 12.9. The van der Waals surface area contributed by atoms with Crippen LogP contribution >= 0.6 is 0 Å². The zero-order chi connectivity index (χ0) is 26.6. The molecule has 200 valence electrons. The van der Waals surface area contributed by atoms with Gasteiger partial charge in [-0.3, -0.25) is 4.90 Å². The second kappa shape index (κ2) is 7.93. The van der Waals surface area contributed by atoms with Crippen LogP contribution in [-0.2, 0) is 18.3 Å². The Bertz CT molecular complexity index is 1670. The lowest BCUT2D eigenvalue weighted by Gasteiger charge is -2.63. The van der Waals surface area contributed by atoms with Crippen molar-refractivity contribution in [1.29, 1.82) is 0 Å². The number of nitrogens with zero attached hydrogens (tertiary/aromatic N) is 3. The van der Waals surface area contributed by atoms with Crippen molar-refractivity contribution >= 4 is 0 Å². The van der Waals surface area contributed by atoms with Gasteiger partial charge in [-0.1, -0.05) is 66.7 Å². The molecule has 2 unspecified atom stereocenters. The van der Waals surface area contributed by atoms with Crippen molar-refractivity contribution < 1.29 is 14.9 Å². The summed E-state index contributed by atoms with van der Waals surface area (Å²) in [7, 11) is 0. The van der Waals surface area contributed by atoms with E-state index in [4.69, 9.17) is 14.7 Å². The molecule has 3 aliphatic carbocycles. The third-order valence-electron chi connectivity index (χ3n) is 10.3. The van der Waals surface area contributed by atoms with Gasteiger partial charge in [0.1, 0.15) is 0 Å². The smallest absolute Gasteiger partial charge is 0.166 e. The van der Waals surface area contributed by atoms with Gasteiger partial charge >= 0.3 is 0 Å². The van der Waals surface area contributed by atoms with Crippen LogP contribution in [0.1, 0.15) is 47.8 Å². The summed E-state index contributed by atoms with van der Waals surface area (Å²) in [6, 6.07) is 24.1. The van der Waals surface area contributed by atoms with E-state index in [9.17, 15) is 10.2 Å². The van der Waals surface area contributed by atoms with Gasteiger partial charge in [-0.05, 0) is 49.8 Å². The SMILES string of the molecule is Oc1ccc2c3c1O[C@H]1c4nc(-c5ccccc5)nc(-c5ccccc5)c4C[C@@]4(O)C(C2)N(CC2CC2)CCC314. The molecule has 9 rings (SSSR count). The fourth-order valence-electron chi connectivity index (χ4n) is 8.37. The lowest BCUT2D eigenvalue weighted by molar-refractivity contribution is -0.173. The molecule has 2 N–H and O–H groups in total. The van der Waals surface area contributed by atoms with E-state index in [1.807, 2.05) is 48.5 Å². The average Bonchev–Trinajstić information content (AvgIpc) is 3.73.